The molecule has 0 bridgehead atoms. The number of urea groups is 1. The van der Waals surface area contributed by atoms with Crippen molar-refractivity contribution in [1.29, 1.82) is 5.26 Å². The predicted molar refractivity (Wildman–Crippen MR) is 127 cm³/mol. The highest BCUT2D eigenvalue weighted by Crippen LogP contribution is 2.36. The lowest BCUT2D eigenvalue weighted by atomic mass is 10.0. The molecular weight excluding hydrogens is 454 g/mol. The van der Waals surface area contributed by atoms with E-state index in [0.717, 1.165) is 33.0 Å². The first kappa shape index (κ1) is 23.3. The molecule has 1 aliphatic rings. The van der Waals surface area contributed by atoms with Crippen molar-refractivity contribution in [3.8, 4) is 11.8 Å². The van der Waals surface area contributed by atoms with Gasteiger partial charge in [-0.1, -0.05) is 17.3 Å². The Morgan fingerprint density at radius 3 is 2.97 bits per heavy atom. The first-order chi connectivity index (χ1) is 16.5. The third-order valence-corrected chi connectivity index (χ3v) is 6.90. The molecule has 9 nitrogen and oxygen atoms in total. The summed E-state index contributed by atoms with van der Waals surface area (Å²) in [7, 11) is 1.61. The Morgan fingerprint density at radius 1 is 1.38 bits per heavy atom. The number of aromatic nitrogens is 1. The first-order valence-corrected chi connectivity index (χ1v) is 11.7. The number of methoxy groups -OCH3 is 1. The van der Waals surface area contributed by atoms with E-state index >= 15 is 0 Å². The largest absolute Gasteiger partial charge is 0.497 e. The van der Waals surface area contributed by atoms with Gasteiger partial charge in [-0.05, 0) is 43.0 Å². The van der Waals surface area contributed by atoms with Crippen LogP contribution >= 0.6 is 11.3 Å². The van der Waals surface area contributed by atoms with Gasteiger partial charge in [0, 0.05) is 30.0 Å². The van der Waals surface area contributed by atoms with Crippen LogP contribution in [0.5, 0.6) is 5.75 Å². The summed E-state index contributed by atoms with van der Waals surface area (Å²) in [6.07, 6.45) is 2.94. The second kappa shape index (κ2) is 10.4. The second-order valence-electron chi connectivity index (χ2n) is 7.97. The molecule has 3 amide bonds. The summed E-state index contributed by atoms with van der Waals surface area (Å²) in [6, 6.07) is 9.65. The van der Waals surface area contributed by atoms with Crippen molar-refractivity contribution in [3.05, 3.63) is 63.4 Å². The number of aryl methyl sites for hydroxylation is 2. The van der Waals surface area contributed by atoms with Crippen molar-refractivity contribution in [2.45, 2.75) is 39.3 Å². The molecule has 0 radical (unpaired) electrons. The van der Waals surface area contributed by atoms with Gasteiger partial charge in [0.2, 0.25) is 5.91 Å². The maximum Gasteiger partial charge on any atom is 0.318 e. The van der Waals surface area contributed by atoms with Gasteiger partial charge in [-0.25, -0.2) is 4.79 Å². The smallest absolute Gasteiger partial charge is 0.318 e. The van der Waals surface area contributed by atoms with Crippen molar-refractivity contribution in [1.82, 2.24) is 15.4 Å². The van der Waals surface area contributed by atoms with E-state index in [4.69, 9.17) is 9.26 Å². The van der Waals surface area contributed by atoms with E-state index in [1.807, 2.05) is 31.2 Å². The predicted octanol–water partition coefficient (Wildman–Crippen LogP) is 3.76. The van der Waals surface area contributed by atoms with Crippen LogP contribution in [0.3, 0.4) is 0 Å². The second-order valence-corrected chi connectivity index (χ2v) is 9.08. The highest BCUT2D eigenvalue weighted by molar-refractivity contribution is 7.16. The summed E-state index contributed by atoms with van der Waals surface area (Å²) in [4.78, 5) is 27.9. The monoisotopic (exact) mass is 479 g/mol. The highest BCUT2D eigenvalue weighted by Gasteiger charge is 2.27. The lowest BCUT2D eigenvalue weighted by Gasteiger charge is -2.27. The quantitative estimate of drug-likeness (QED) is 0.532. The van der Waals surface area contributed by atoms with E-state index in [-0.39, 0.29) is 18.4 Å². The van der Waals surface area contributed by atoms with Crippen LogP contribution in [-0.2, 0) is 30.7 Å². The molecule has 3 heterocycles. The maximum absolute atomic E-state index is 12.6. The number of nitriles is 1. The fraction of sp³-hybridized carbons (Fsp3) is 0.333. The lowest BCUT2D eigenvalue weighted by Crippen LogP contribution is -2.42. The summed E-state index contributed by atoms with van der Waals surface area (Å²) in [5.74, 6) is 0.595. The van der Waals surface area contributed by atoms with Gasteiger partial charge in [0.1, 0.15) is 23.1 Å². The number of thiophene rings is 1. The number of carbonyl (C=O) groups is 2. The number of nitrogens with one attached hydrogen (secondary N) is 2. The van der Waals surface area contributed by atoms with Crippen molar-refractivity contribution in [3.63, 3.8) is 0 Å². The van der Waals surface area contributed by atoms with Crippen molar-refractivity contribution < 1.29 is 18.8 Å². The summed E-state index contributed by atoms with van der Waals surface area (Å²) in [6.45, 7) is 3.04. The van der Waals surface area contributed by atoms with Crippen LogP contribution in [0.15, 0.2) is 35.1 Å². The topological polar surface area (TPSA) is 120 Å². The molecule has 4 rings (SSSR count). The van der Waals surface area contributed by atoms with Crippen molar-refractivity contribution in [2.24, 2.45) is 0 Å². The van der Waals surface area contributed by atoms with Crippen LogP contribution in [0.2, 0.25) is 0 Å². The Morgan fingerprint density at radius 2 is 2.24 bits per heavy atom. The number of amides is 3. The van der Waals surface area contributed by atoms with Crippen LogP contribution in [0.1, 0.15) is 39.2 Å². The summed E-state index contributed by atoms with van der Waals surface area (Å²) < 4.78 is 10.1. The SMILES string of the molecule is COc1cccc(CCC(=O)Nc2sc3c(c2C#N)CCN(C(=O)NCc2conc2C)C3)c1. The Hall–Kier alpha value is -3.84. The first-order valence-electron chi connectivity index (χ1n) is 10.9. The van der Waals surface area contributed by atoms with E-state index in [1.165, 1.54) is 17.6 Å². The van der Waals surface area contributed by atoms with E-state index in [2.05, 4.69) is 21.9 Å². The van der Waals surface area contributed by atoms with Crippen molar-refractivity contribution >= 4 is 28.3 Å². The minimum Gasteiger partial charge on any atom is -0.497 e. The lowest BCUT2D eigenvalue weighted by molar-refractivity contribution is -0.116. The third-order valence-electron chi connectivity index (χ3n) is 5.76. The zero-order valence-corrected chi connectivity index (χ0v) is 19.8. The van der Waals surface area contributed by atoms with Crippen LogP contribution in [-0.4, -0.2) is 35.6 Å². The average Bonchev–Trinajstić information content (AvgIpc) is 3.42. The molecule has 0 saturated heterocycles. The molecule has 34 heavy (non-hydrogen) atoms. The van der Waals surface area contributed by atoms with Gasteiger partial charge in [0.05, 0.1) is 24.9 Å². The standard InChI is InChI=1S/C24H25N5O4S/c1-15-17(14-33-28-15)12-26-24(31)29-9-8-19-20(11-25)23(34-21(19)13-29)27-22(30)7-6-16-4-3-5-18(10-16)32-2/h3-5,10,14H,6-9,12-13H2,1-2H3,(H,26,31)(H,27,30). The zero-order valence-electron chi connectivity index (χ0n) is 19.0. The number of anilines is 1. The molecule has 1 aromatic carbocycles. The number of hydrogen-bond acceptors (Lipinski definition) is 7. The van der Waals surface area contributed by atoms with Crippen LogP contribution in [0.4, 0.5) is 9.80 Å². The van der Waals surface area contributed by atoms with Crippen LogP contribution in [0.25, 0.3) is 0 Å². The van der Waals surface area contributed by atoms with Gasteiger partial charge >= 0.3 is 6.03 Å². The number of benzene rings is 1. The molecule has 2 N–H and O–H groups in total. The molecule has 0 atom stereocenters. The van der Waals surface area contributed by atoms with Gasteiger partial charge in [-0.3, -0.25) is 4.79 Å². The van der Waals surface area contributed by atoms with Crippen molar-refractivity contribution in [2.75, 3.05) is 19.0 Å². The van der Waals surface area contributed by atoms with Gasteiger partial charge in [-0.15, -0.1) is 11.3 Å². The summed E-state index contributed by atoms with van der Waals surface area (Å²) in [5, 5.41) is 19.9. The fourth-order valence-corrected chi connectivity index (χ4v) is 5.05. The van der Waals surface area contributed by atoms with Gasteiger partial charge in [-0.2, -0.15) is 5.26 Å². The minimum atomic E-state index is -0.193. The molecule has 0 aliphatic carbocycles. The summed E-state index contributed by atoms with van der Waals surface area (Å²) in [5.41, 5.74) is 3.98. The number of nitrogens with zero attached hydrogens (tertiary/aromatic N) is 3. The highest BCUT2D eigenvalue weighted by atomic mass is 32.1. The van der Waals surface area contributed by atoms with E-state index < -0.39 is 0 Å². The number of fused-ring (bicyclic) bond motifs is 1. The van der Waals surface area contributed by atoms with Gasteiger partial charge in [0.25, 0.3) is 0 Å². The van der Waals surface area contributed by atoms with E-state index in [0.29, 0.717) is 43.0 Å². The normalized spacial score (nSPS) is 12.6. The Balaban J connectivity index is 1.37. The fourth-order valence-electron chi connectivity index (χ4n) is 3.82. The number of rotatable bonds is 7. The Kier molecular flexibility index (Phi) is 7.13. The number of hydrogen-bond donors (Lipinski definition) is 2. The molecule has 176 valence electrons. The molecule has 10 heteroatoms. The maximum atomic E-state index is 12.6. The molecular formula is C24H25N5O4S. The Bertz CT molecular complexity index is 1240. The molecule has 1 aliphatic heterocycles. The Labute approximate surface area is 201 Å². The zero-order chi connectivity index (χ0) is 24.1. The molecule has 3 aromatic rings. The number of ether oxygens (including phenoxy) is 1. The van der Waals surface area contributed by atoms with Gasteiger partial charge in [0.15, 0.2) is 0 Å². The minimum absolute atomic E-state index is 0.156. The van der Waals surface area contributed by atoms with Crippen LogP contribution < -0.4 is 15.4 Å². The molecule has 2 aromatic heterocycles. The third kappa shape index (κ3) is 5.21. The molecule has 0 unspecified atom stereocenters. The van der Waals surface area contributed by atoms with E-state index in [1.54, 1.807) is 12.0 Å². The molecule has 0 saturated carbocycles. The van der Waals surface area contributed by atoms with Gasteiger partial charge < -0.3 is 24.8 Å². The number of carbonyl (C=O) groups excluding carboxylic acids is 2. The summed E-state index contributed by atoms with van der Waals surface area (Å²) >= 11 is 1.36. The average molecular weight is 480 g/mol. The van der Waals surface area contributed by atoms with Crippen LogP contribution in [0, 0.1) is 18.3 Å². The molecule has 0 spiro atoms. The van der Waals surface area contributed by atoms with E-state index in [9.17, 15) is 14.9 Å². The molecule has 0 fully saturated rings.